The van der Waals surface area contributed by atoms with Crippen molar-refractivity contribution >= 4 is 21.7 Å². The van der Waals surface area contributed by atoms with Gasteiger partial charge in [0, 0.05) is 4.47 Å². The molecule has 2 nitrogen and oxygen atoms in total. The summed E-state index contributed by atoms with van der Waals surface area (Å²) in [5.41, 5.74) is 0.407. The van der Waals surface area contributed by atoms with Crippen molar-refractivity contribution in [3.8, 4) is 5.75 Å². The molecule has 2 aromatic carbocycles. The second-order valence-corrected chi connectivity index (χ2v) is 5.21. The van der Waals surface area contributed by atoms with Gasteiger partial charge in [-0.3, -0.25) is 4.79 Å². The first-order chi connectivity index (χ1) is 9.63. The molecule has 2 aromatic rings. The van der Waals surface area contributed by atoms with E-state index in [-0.39, 0.29) is 11.3 Å². The normalized spacial score (nSPS) is 10.3. The minimum atomic E-state index is -0.538. The van der Waals surface area contributed by atoms with Crippen LogP contribution in [0.5, 0.6) is 5.75 Å². The van der Waals surface area contributed by atoms with E-state index in [0.29, 0.717) is 22.4 Å². The minimum absolute atomic E-state index is 0.0342. The van der Waals surface area contributed by atoms with E-state index in [9.17, 15) is 9.18 Å². The largest absolute Gasteiger partial charge is 0.493 e. The number of hydrogen-bond acceptors (Lipinski definition) is 2. The average molecular weight is 337 g/mol. The van der Waals surface area contributed by atoms with Gasteiger partial charge in [-0.25, -0.2) is 4.39 Å². The number of rotatable bonds is 5. The summed E-state index contributed by atoms with van der Waals surface area (Å²) < 4.78 is 20.0. The van der Waals surface area contributed by atoms with Crippen molar-refractivity contribution in [1.82, 2.24) is 0 Å². The van der Waals surface area contributed by atoms with Crippen molar-refractivity contribution in [3.63, 3.8) is 0 Å². The molecule has 2 rings (SSSR count). The van der Waals surface area contributed by atoms with E-state index in [0.717, 1.165) is 6.42 Å². The van der Waals surface area contributed by atoms with E-state index in [1.807, 2.05) is 6.92 Å². The lowest BCUT2D eigenvalue weighted by Gasteiger charge is -2.10. The van der Waals surface area contributed by atoms with Crippen LogP contribution in [0.15, 0.2) is 46.9 Å². The SMILES string of the molecule is CCCOc1ccccc1C(=O)c1cc(Br)ccc1F. The summed E-state index contributed by atoms with van der Waals surface area (Å²) in [4.78, 5) is 12.5. The van der Waals surface area contributed by atoms with Crippen LogP contribution >= 0.6 is 15.9 Å². The Hall–Kier alpha value is -1.68. The highest BCUT2D eigenvalue weighted by molar-refractivity contribution is 9.10. The van der Waals surface area contributed by atoms with Crippen LogP contribution in [0.4, 0.5) is 4.39 Å². The summed E-state index contributed by atoms with van der Waals surface area (Å²) >= 11 is 3.25. The van der Waals surface area contributed by atoms with E-state index < -0.39 is 5.82 Å². The van der Waals surface area contributed by atoms with E-state index >= 15 is 0 Å². The molecule has 0 aliphatic heterocycles. The molecule has 0 unspecified atom stereocenters. The van der Waals surface area contributed by atoms with Crippen molar-refractivity contribution in [2.75, 3.05) is 6.61 Å². The van der Waals surface area contributed by atoms with Gasteiger partial charge in [0.1, 0.15) is 11.6 Å². The summed E-state index contributed by atoms with van der Waals surface area (Å²) in [6, 6.07) is 11.2. The fourth-order valence-electron chi connectivity index (χ4n) is 1.81. The molecule has 104 valence electrons. The van der Waals surface area contributed by atoms with Gasteiger partial charge in [-0.2, -0.15) is 0 Å². The number of hydrogen-bond donors (Lipinski definition) is 0. The molecule has 0 heterocycles. The summed E-state index contributed by atoms with van der Waals surface area (Å²) in [5.74, 6) is -0.433. The molecular weight excluding hydrogens is 323 g/mol. The van der Waals surface area contributed by atoms with Gasteiger partial charge in [-0.1, -0.05) is 35.0 Å². The smallest absolute Gasteiger partial charge is 0.199 e. The van der Waals surface area contributed by atoms with Gasteiger partial charge in [0.05, 0.1) is 17.7 Å². The second kappa shape index (κ2) is 6.66. The standard InChI is InChI=1S/C16H14BrFO2/c1-2-9-20-15-6-4-3-5-12(15)16(19)13-10-11(17)7-8-14(13)18/h3-8,10H,2,9H2,1H3. The number of para-hydroxylation sites is 1. The number of halogens is 2. The lowest BCUT2D eigenvalue weighted by Crippen LogP contribution is -2.08. The number of benzene rings is 2. The van der Waals surface area contributed by atoms with E-state index in [1.54, 1.807) is 30.3 Å². The molecule has 0 bridgehead atoms. The predicted molar refractivity (Wildman–Crippen MR) is 79.8 cm³/mol. The third-order valence-corrected chi connectivity index (χ3v) is 3.26. The van der Waals surface area contributed by atoms with Crippen LogP contribution in [-0.2, 0) is 0 Å². The zero-order valence-corrected chi connectivity index (χ0v) is 12.6. The van der Waals surface area contributed by atoms with Gasteiger partial charge in [-0.05, 0) is 36.8 Å². The van der Waals surface area contributed by atoms with Crippen molar-refractivity contribution in [3.05, 3.63) is 63.9 Å². The molecule has 0 aromatic heterocycles. The number of carbonyl (C=O) groups is 1. The Bertz CT molecular complexity index is 626. The van der Waals surface area contributed by atoms with E-state index in [4.69, 9.17) is 4.74 Å². The van der Waals surface area contributed by atoms with Crippen LogP contribution in [0.2, 0.25) is 0 Å². The maximum atomic E-state index is 13.8. The zero-order chi connectivity index (χ0) is 14.5. The molecule has 0 saturated heterocycles. The van der Waals surface area contributed by atoms with Crippen molar-refractivity contribution < 1.29 is 13.9 Å². The Morgan fingerprint density at radius 1 is 1.20 bits per heavy atom. The van der Waals surface area contributed by atoms with Crippen LogP contribution in [0.3, 0.4) is 0 Å². The first kappa shape index (κ1) is 14.7. The fourth-order valence-corrected chi connectivity index (χ4v) is 2.17. The van der Waals surface area contributed by atoms with Gasteiger partial charge < -0.3 is 4.74 Å². The molecule has 0 spiro atoms. The van der Waals surface area contributed by atoms with Crippen LogP contribution in [-0.4, -0.2) is 12.4 Å². The Kier molecular flexibility index (Phi) is 4.90. The zero-order valence-electron chi connectivity index (χ0n) is 11.0. The molecule has 0 fully saturated rings. The molecule has 20 heavy (non-hydrogen) atoms. The van der Waals surface area contributed by atoms with Gasteiger partial charge in [0.2, 0.25) is 0 Å². The second-order valence-electron chi connectivity index (χ2n) is 4.30. The molecule has 0 radical (unpaired) electrons. The average Bonchev–Trinajstić information content (AvgIpc) is 2.47. The highest BCUT2D eigenvalue weighted by Gasteiger charge is 2.18. The fraction of sp³-hybridized carbons (Fsp3) is 0.188. The van der Waals surface area contributed by atoms with Gasteiger partial charge >= 0.3 is 0 Å². The molecule has 4 heteroatoms. The lowest BCUT2D eigenvalue weighted by molar-refractivity contribution is 0.103. The highest BCUT2D eigenvalue weighted by atomic mass is 79.9. The van der Waals surface area contributed by atoms with E-state index in [2.05, 4.69) is 15.9 Å². The predicted octanol–water partition coefficient (Wildman–Crippen LogP) is 4.61. The Morgan fingerprint density at radius 3 is 2.70 bits per heavy atom. The first-order valence-electron chi connectivity index (χ1n) is 6.35. The lowest BCUT2D eigenvalue weighted by atomic mass is 10.0. The van der Waals surface area contributed by atoms with Crippen molar-refractivity contribution in [2.24, 2.45) is 0 Å². The molecule has 0 amide bonds. The van der Waals surface area contributed by atoms with Crippen LogP contribution < -0.4 is 4.74 Å². The maximum absolute atomic E-state index is 13.8. The topological polar surface area (TPSA) is 26.3 Å². The summed E-state index contributed by atoms with van der Waals surface area (Å²) in [6.07, 6.45) is 0.841. The molecule has 0 N–H and O–H groups in total. The van der Waals surface area contributed by atoms with Crippen molar-refractivity contribution in [2.45, 2.75) is 13.3 Å². The summed E-state index contributed by atoms with van der Waals surface area (Å²) in [6.45, 7) is 2.50. The van der Waals surface area contributed by atoms with Gasteiger partial charge in [0.25, 0.3) is 0 Å². The van der Waals surface area contributed by atoms with Gasteiger partial charge in [0.15, 0.2) is 5.78 Å². The molecule has 0 aliphatic rings. The van der Waals surface area contributed by atoms with Crippen LogP contribution in [0.1, 0.15) is 29.3 Å². The Balaban J connectivity index is 2.40. The minimum Gasteiger partial charge on any atom is -0.493 e. The summed E-state index contributed by atoms with van der Waals surface area (Å²) in [7, 11) is 0. The molecule has 0 atom stereocenters. The number of ketones is 1. The van der Waals surface area contributed by atoms with Gasteiger partial charge in [-0.15, -0.1) is 0 Å². The highest BCUT2D eigenvalue weighted by Crippen LogP contribution is 2.24. The molecule has 0 saturated carbocycles. The number of carbonyl (C=O) groups excluding carboxylic acids is 1. The Morgan fingerprint density at radius 2 is 1.95 bits per heavy atom. The molecule has 0 aliphatic carbocycles. The van der Waals surface area contributed by atoms with E-state index in [1.165, 1.54) is 12.1 Å². The van der Waals surface area contributed by atoms with Crippen LogP contribution in [0, 0.1) is 5.82 Å². The monoisotopic (exact) mass is 336 g/mol. The maximum Gasteiger partial charge on any atom is 0.199 e. The molecular formula is C16H14BrFO2. The van der Waals surface area contributed by atoms with Crippen LogP contribution in [0.25, 0.3) is 0 Å². The first-order valence-corrected chi connectivity index (χ1v) is 7.14. The van der Waals surface area contributed by atoms with Crippen molar-refractivity contribution in [1.29, 1.82) is 0 Å². The third-order valence-electron chi connectivity index (χ3n) is 2.77. The summed E-state index contributed by atoms with van der Waals surface area (Å²) in [5, 5.41) is 0. The third kappa shape index (κ3) is 3.25. The Labute approximate surface area is 125 Å². The quantitative estimate of drug-likeness (QED) is 0.745. The number of ether oxygens (including phenoxy) is 1.